The molecule has 2 rings (SSSR count). The number of benzene rings is 2. The van der Waals surface area contributed by atoms with Crippen LogP contribution in [-0.2, 0) is 4.74 Å². The Morgan fingerprint density at radius 1 is 1.12 bits per heavy atom. The molecule has 0 aromatic heterocycles. The number of hydrogen-bond donors (Lipinski definition) is 0. The maximum absolute atomic E-state index is 12.2. The Labute approximate surface area is 144 Å². The van der Waals surface area contributed by atoms with Crippen molar-refractivity contribution < 1.29 is 14.3 Å². The minimum Gasteiger partial charge on any atom is -0.410 e. The zero-order valence-electron chi connectivity index (χ0n) is 15.0. The van der Waals surface area contributed by atoms with E-state index in [4.69, 9.17) is 9.47 Å². The summed E-state index contributed by atoms with van der Waals surface area (Å²) in [4.78, 5) is 14.2. The average molecular weight is 327 g/mol. The number of carbonyl (C=O) groups is 1. The van der Waals surface area contributed by atoms with Gasteiger partial charge in [0.25, 0.3) is 0 Å². The molecule has 0 N–H and O–H groups in total. The molecule has 0 aliphatic heterocycles. The molecule has 128 valence electrons. The predicted octanol–water partition coefficient (Wildman–Crippen LogP) is 5.00. The molecule has 0 fully saturated rings. The van der Waals surface area contributed by atoms with Crippen molar-refractivity contribution in [2.45, 2.75) is 40.8 Å². The highest BCUT2D eigenvalue weighted by molar-refractivity contribution is 5.65. The van der Waals surface area contributed by atoms with Crippen molar-refractivity contribution in [2.75, 3.05) is 11.4 Å². The molecule has 0 saturated heterocycles. The molecular formula is C20H25NO3. The second-order valence-corrected chi connectivity index (χ2v) is 5.90. The number of carbonyl (C=O) groups excluding carboxylic acids is 1. The Morgan fingerprint density at radius 3 is 2.42 bits per heavy atom. The van der Waals surface area contributed by atoms with Crippen molar-refractivity contribution in [1.29, 1.82) is 0 Å². The number of anilines is 1. The number of rotatable bonds is 5. The van der Waals surface area contributed by atoms with E-state index >= 15 is 0 Å². The van der Waals surface area contributed by atoms with Crippen molar-refractivity contribution >= 4 is 11.8 Å². The molecule has 2 aromatic rings. The van der Waals surface area contributed by atoms with Crippen LogP contribution in [0.5, 0.6) is 5.75 Å². The highest BCUT2D eigenvalue weighted by atomic mass is 16.7. The molecule has 0 spiro atoms. The minimum atomic E-state index is -0.690. The summed E-state index contributed by atoms with van der Waals surface area (Å²) in [6.07, 6.45) is -1.11. The molecule has 1 unspecified atom stereocenters. The largest absolute Gasteiger partial charge is 0.515 e. The number of ether oxygens (including phenoxy) is 2. The van der Waals surface area contributed by atoms with E-state index in [0.717, 1.165) is 28.9 Å². The molecule has 0 aliphatic carbocycles. The minimum absolute atomic E-state index is 0.420. The van der Waals surface area contributed by atoms with Crippen LogP contribution >= 0.6 is 0 Å². The van der Waals surface area contributed by atoms with E-state index in [9.17, 15) is 4.79 Å². The van der Waals surface area contributed by atoms with E-state index in [2.05, 4.69) is 6.07 Å². The quantitative estimate of drug-likeness (QED) is 0.440. The van der Waals surface area contributed by atoms with Gasteiger partial charge in [0.05, 0.1) is 0 Å². The fourth-order valence-electron chi connectivity index (χ4n) is 2.69. The number of aryl methyl sites for hydroxylation is 2. The molecule has 4 heteroatoms. The monoisotopic (exact) mass is 327 g/mol. The standard InChI is InChI=1S/C20H25NO3/c1-6-21(18-10-8-7-9-11-18)17(5)23-20(22)24-19-13-14(2)12-15(3)16(19)4/h7-13,17H,6H2,1-5H3. The van der Waals surface area contributed by atoms with Gasteiger partial charge in [-0.3, -0.25) is 0 Å². The zero-order chi connectivity index (χ0) is 17.7. The van der Waals surface area contributed by atoms with Gasteiger partial charge >= 0.3 is 6.16 Å². The Morgan fingerprint density at radius 2 is 1.79 bits per heavy atom. The van der Waals surface area contributed by atoms with Gasteiger partial charge in [0.1, 0.15) is 5.75 Å². The maximum Gasteiger partial charge on any atom is 0.515 e. The van der Waals surface area contributed by atoms with Crippen LogP contribution in [0.1, 0.15) is 30.5 Å². The maximum atomic E-state index is 12.2. The molecule has 0 amide bonds. The van der Waals surface area contributed by atoms with Gasteiger partial charge < -0.3 is 14.4 Å². The molecule has 4 nitrogen and oxygen atoms in total. The van der Waals surface area contributed by atoms with Gasteiger partial charge in [-0.15, -0.1) is 0 Å². The SMILES string of the molecule is CCN(c1ccccc1)C(C)OC(=O)Oc1cc(C)cc(C)c1C. The summed E-state index contributed by atoms with van der Waals surface area (Å²) in [6.45, 7) is 10.5. The molecule has 0 bridgehead atoms. The van der Waals surface area contributed by atoms with Gasteiger partial charge in [-0.25, -0.2) is 4.79 Å². The highest BCUT2D eigenvalue weighted by Crippen LogP contribution is 2.24. The van der Waals surface area contributed by atoms with E-state index in [1.165, 1.54) is 0 Å². The summed E-state index contributed by atoms with van der Waals surface area (Å²) in [5.41, 5.74) is 4.09. The topological polar surface area (TPSA) is 38.8 Å². The van der Waals surface area contributed by atoms with Crippen molar-refractivity contribution in [3.05, 3.63) is 59.2 Å². The summed E-state index contributed by atoms with van der Waals surface area (Å²) < 4.78 is 10.9. The molecule has 0 saturated carbocycles. The van der Waals surface area contributed by atoms with Crippen LogP contribution < -0.4 is 9.64 Å². The Balaban J connectivity index is 2.06. The van der Waals surface area contributed by atoms with Gasteiger partial charge in [0.15, 0.2) is 6.23 Å². The van der Waals surface area contributed by atoms with Crippen LogP contribution in [0, 0.1) is 20.8 Å². The number of hydrogen-bond acceptors (Lipinski definition) is 4. The molecule has 0 radical (unpaired) electrons. The third kappa shape index (κ3) is 4.28. The van der Waals surface area contributed by atoms with Crippen LogP contribution in [0.3, 0.4) is 0 Å². The first-order chi connectivity index (χ1) is 11.4. The lowest BCUT2D eigenvalue weighted by Crippen LogP contribution is -2.37. The number of para-hydroxylation sites is 1. The first-order valence-corrected chi connectivity index (χ1v) is 8.20. The molecule has 0 aliphatic rings. The van der Waals surface area contributed by atoms with Crippen molar-refractivity contribution in [3.8, 4) is 5.75 Å². The lowest BCUT2D eigenvalue weighted by Gasteiger charge is -2.29. The van der Waals surface area contributed by atoms with E-state index in [0.29, 0.717) is 5.75 Å². The third-order valence-corrected chi connectivity index (χ3v) is 4.09. The number of nitrogens with zero attached hydrogens (tertiary/aromatic N) is 1. The molecule has 2 aromatic carbocycles. The normalized spacial score (nSPS) is 11.7. The Kier molecular flexibility index (Phi) is 5.85. The van der Waals surface area contributed by atoms with Crippen LogP contribution in [0.4, 0.5) is 10.5 Å². The van der Waals surface area contributed by atoms with Crippen molar-refractivity contribution in [1.82, 2.24) is 0 Å². The highest BCUT2D eigenvalue weighted by Gasteiger charge is 2.19. The first-order valence-electron chi connectivity index (χ1n) is 8.20. The summed E-state index contributed by atoms with van der Waals surface area (Å²) in [5.74, 6) is 0.549. The molecule has 1 atom stereocenters. The first kappa shape index (κ1) is 17.9. The van der Waals surface area contributed by atoms with Gasteiger partial charge in [-0.05, 0) is 69.5 Å². The molecule has 24 heavy (non-hydrogen) atoms. The van der Waals surface area contributed by atoms with Gasteiger partial charge in [-0.2, -0.15) is 0 Å². The van der Waals surface area contributed by atoms with Crippen LogP contribution in [0.2, 0.25) is 0 Å². The second-order valence-electron chi connectivity index (χ2n) is 5.90. The van der Waals surface area contributed by atoms with Crippen LogP contribution in [-0.4, -0.2) is 18.9 Å². The van der Waals surface area contributed by atoms with E-state index in [-0.39, 0.29) is 0 Å². The van der Waals surface area contributed by atoms with Gasteiger partial charge in [-0.1, -0.05) is 24.3 Å². The van der Waals surface area contributed by atoms with Gasteiger partial charge in [0.2, 0.25) is 0 Å². The molecule has 0 heterocycles. The van der Waals surface area contributed by atoms with Crippen molar-refractivity contribution in [2.24, 2.45) is 0 Å². The molecular weight excluding hydrogens is 302 g/mol. The van der Waals surface area contributed by atoms with Crippen molar-refractivity contribution in [3.63, 3.8) is 0 Å². The summed E-state index contributed by atoms with van der Waals surface area (Å²) >= 11 is 0. The fourth-order valence-corrected chi connectivity index (χ4v) is 2.69. The second kappa shape index (κ2) is 7.86. The summed E-state index contributed by atoms with van der Waals surface area (Å²) in [6, 6.07) is 13.8. The zero-order valence-corrected chi connectivity index (χ0v) is 15.0. The van der Waals surface area contributed by atoms with Crippen LogP contribution in [0.25, 0.3) is 0 Å². The lowest BCUT2D eigenvalue weighted by atomic mass is 10.1. The van der Waals surface area contributed by atoms with Crippen LogP contribution in [0.15, 0.2) is 42.5 Å². The average Bonchev–Trinajstić information content (AvgIpc) is 2.53. The fraction of sp³-hybridized carbons (Fsp3) is 0.350. The lowest BCUT2D eigenvalue weighted by molar-refractivity contribution is 0.0643. The smallest absolute Gasteiger partial charge is 0.410 e. The third-order valence-electron chi connectivity index (χ3n) is 4.09. The van der Waals surface area contributed by atoms with Gasteiger partial charge in [0, 0.05) is 12.2 Å². The summed E-state index contributed by atoms with van der Waals surface area (Å²) in [7, 11) is 0. The Hall–Kier alpha value is -2.49. The van der Waals surface area contributed by atoms with E-state index < -0.39 is 12.4 Å². The Bertz CT molecular complexity index is 698. The van der Waals surface area contributed by atoms with E-state index in [1.54, 1.807) is 0 Å². The van der Waals surface area contributed by atoms with E-state index in [1.807, 2.05) is 75.9 Å². The summed E-state index contributed by atoms with van der Waals surface area (Å²) in [5, 5.41) is 0. The predicted molar refractivity (Wildman–Crippen MR) is 96.7 cm³/mol.